The second-order valence-electron chi connectivity index (χ2n) is 6.24. The van der Waals surface area contributed by atoms with Gasteiger partial charge in [0.15, 0.2) is 0 Å². The molecule has 0 spiro atoms. The lowest BCUT2D eigenvalue weighted by Gasteiger charge is -2.38. The maximum absolute atomic E-state index is 5.33. The van der Waals surface area contributed by atoms with Gasteiger partial charge in [-0.25, -0.2) is 0 Å². The summed E-state index contributed by atoms with van der Waals surface area (Å²) in [5, 5.41) is 3.48. The van der Waals surface area contributed by atoms with Crippen molar-refractivity contribution in [3.63, 3.8) is 0 Å². The smallest absolute Gasteiger partial charge is 0.117 e. The lowest BCUT2D eigenvalue weighted by atomic mass is 10.2. The molecule has 1 aliphatic heterocycles. The predicted molar refractivity (Wildman–Crippen MR) is 86.4 cm³/mol. The number of hydrogen-bond acceptors (Lipinski definition) is 5. The SMILES string of the molecule is CC(CNCc1ccco1)N1CCN(CCN(C)C)CC1. The molecule has 120 valence electrons. The minimum Gasteiger partial charge on any atom is -0.468 e. The van der Waals surface area contributed by atoms with Crippen LogP contribution < -0.4 is 5.32 Å². The molecule has 2 rings (SSSR count). The van der Waals surface area contributed by atoms with Gasteiger partial charge in [0, 0.05) is 51.9 Å². The molecule has 5 nitrogen and oxygen atoms in total. The average molecular weight is 294 g/mol. The minimum absolute atomic E-state index is 0.580. The van der Waals surface area contributed by atoms with E-state index >= 15 is 0 Å². The molecule has 1 saturated heterocycles. The van der Waals surface area contributed by atoms with Crippen LogP contribution in [0, 0.1) is 0 Å². The molecule has 1 aromatic rings. The molecule has 21 heavy (non-hydrogen) atoms. The van der Waals surface area contributed by atoms with E-state index in [1.54, 1.807) is 6.26 Å². The van der Waals surface area contributed by atoms with Gasteiger partial charge in [0.25, 0.3) is 0 Å². The fourth-order valence-corrected chi connectivity index (χ4v) is 2.72. The standard InChI is InChI=1S/C16H30N4O/c1-15(13-17-14-16-5-4-12-21-16)20-10-8-19(9-11-20)7-6-18(2)3/h4-5,12,15,17H,6-11,13-14H2,1-3H3. The normalized spacial score (nSPS) is 19.2. The van der Waals surface area contributed by atoms with Crippen LogP contribution in [0.2, 0.25) is 0 Å². The molecule has 0 saturated carbocycles. The third kappa shape index (κ3) is 5.79. The Hall–Kier alpha value is -0.880. The highest BCUT2D eigenvalue weighted by Gasteiger charge is 2.20. The first-order valence-corrected chi connectivity index (χ1v) is 7.99. The largest absolute Gasteiger partial charge is 0.468 e. The Morgan fingerprint density at radius 1 is 1.29 bits per heavy atom. The van der Waals surface area contributed by atoms with Gasteiger partial charge >= 0.3 is 0 Å². The summed E-state index contributed by atoms with van der Waals surface area (Å²) in [6.45, 7) is 11.2. The fourth-order valence-electron chi connectivity index (χ4n) is 2.72. The van der Waals surface area contributed by atoms with E-state index < -0.39 is 0 Å². The molecule has 0 aromatic carbocycles. The number of furan rings is 1. The molecule has 0 bridgehead atoms. The van der Waals surface area contributed by atoms with Crippen molar-refractivity contribution in [1.29, 1.82) is 0 Å². The molecule has 5 heteroatoms. The van der Waals surface area contributed by atoms with E-state index in [1.165, 1.54) is 32.7 Å². The summed E-state index contributed by atoms with van der Waals surface area (Å²) in [5.74, 6) is 1.01. The Morgan fingerprint density at radius 3 is 2.67 bits per heavy atom. The van der Waals surface area contributed by atoms with Crippen LogP contribution in [-0.2, 0) is 6.54 Å². The first kappa shape index (κ1) is 16.5. The first-order valence-electron chi connectivity index (χ1n) is 7.99. The highest BCUT2D eigenvalue weighted by Crippen LogP contribution is 2.06. The highest BCUT2D eigenvalue weighted by atomic mass is 16.3. The van der Waals surface area contributed by atoms with E-state index in [4.69, 9.17) is 4.42 Å². The van der Waals surface area contributed by atoms with Gasteiger partial charge in [-0.3, -0.25) is 9.80 Å². The number of nitrogens with one attached hydrogen (secondary N) is 1. The maximum Gasteiger partial charge on any atom is 0.117 e. The molecule has 1 unspecified atom stereocenters. The first-order chi connectivity index (χ1) is 10.1. The van der Waals surface area contributed by atoms with Crippen LogP contribution >= 0.6 is 0 Å². The molecule has 1 N–H and O–H groups in total. The molecular formula is C16H30N4O. The molecule has 1 fully saturated rings. The van der Waals surface area contributed by atoms with Crippen molar-refractivity contribution in [3.05, 3.63) is 24.2 Å². The zero-order valence-electron chi connectivity index (χ0n) is 13.7. The van der Waals surface area contributed by atoms with E-state index in [1.807, 2.05) is 12.1 Å². The summed E-state index contributed by atoms with van der Waals surface area (Å²) in [6, 6.07) is 4.53. The average Bonchev–Trinajstić information content (AvgIpc) is 2.99. The van der Waals surface area contributed by atoms with Crippen LogP contribution in [-0.4, -0.2) is 80.7 Å². The molecule has 1 aromatic heterocycles. The number of piperazine rings is 1. The van der Waals surface area contributed by atoms with Crippen LogP contribution in [0.25, 0.3) is 0 Å². The Balaban J connectivity index is 1.60. The zero-order valence-corrected chi connectivity index (χ0v) is 13.7. The topological polar surface area (TPSA) is 34.9 Å². The Labute approximate surface area is 128 Å². The van der Waals surface area contributed by atoms with Crippen molar-refractivity contribution in [2.45, 2.75) is 19.5 Å². The van der Waals surface area contributed by atoms with E-state index in [2.05, 4.69) is 41.0 Å². The lowest BCUT2D eigenvalue weighted by Crippen LogP contribution is -2.52. The monoisotopic (exact) mass is 294 g/mol. The van der Waals surface area contributed by atoms with Gasteiger partial charge in [-0.15, -0.1) is 0 Å². The van der Waals surface area contributed by atoms with Crippen molar-refractivity contribution < 1.29 is 4.42 Å². The second kappa shape index (κ2) is 8.54. The van der Waals surface area contributed by atoms with Crippen LogP contribution in [0.15, 0.2) is 22.8 Å². The molecular weight excluding hydrogens is 264 g/mol. The van der Waals surface area contributed by atoms with Crippen molar-refractivity contribution in [1.82, 2.24) is 20.0 Å². The van der Waals surface area contributed by atoms with Crippen LogP contribution in [0.3, 0.4) is 0 Å². The van der Waals surface area contributed by atoms with Crippen LogP contribution in [0.4, 0.5) is 0 Å². The summed E-state index contributed by atoms with van der Waals surface area (Å²) in [7, 11) is 4.28. The Morgan fingerprint density at radius 2 is 2.05 bits per heavy atom. The van der Waals surface area contributed by atoms with Crippen LogP contribution in [0.5, 0.6) is 0 Å². The highest BCUT2D eigenvalue weighted by molar-refractivity contribution is 4.97. The third-order valence-electron chi connectivity index (χ3n) is 4.21. The number of hydrogen-bond donors (Lipinski definition) is 1. The Kier molecular flexibility index (Phi) is 6.70. The summed E-state index contributed by atoms with van der Waals surface area (Å²) >= 11 is 0. The van der Waals surface area contributed by atoms with Gasteiger partial charge in [-0.2, -0.15) is 0 Å². The number of rotatable bonds is 8. The van der Waals surface area contributed by atoms with E-state index in [0.717, 1.165) is 25.4 Å². The van der Waals surface area contributed by atoms with Gasteiger partial charge in [0.05, 0.1) is 12.8 Å². The minimum atomic E-state index is 0.580. The molecule has 0 aliphatic carbocycles. The summed E-state index contributed by atoms with van der Waals surface area (Å²) in [4.78, 5) is 7.41. The molecule has 0 radical (unpaired) electrons. The summed E-state index contributed by atoms with van der Waals surface area (Å²) in [5.41, 5.74) is 0. The predicted octanol–water partition coefficient (Wildman–Crippen LogP) is 0.937. The lowest BCUT2D eigenvalue weighted by molar-refractivity contribution is 0.0967. The molecule has 1 aliphatic rings. The van der Waals surface area contributed by atoms with E-state index in [-0.39, 0.29) is 0 Å². The maximum atomic E-state index is 5.33. The van der Waals surface area contributed by atoms with Crippen molar-refractivity contribution >= 4 is 0 Å². The quantitative estimate of drug-likeness (QED) is 0.772. The molecule has 0 amide bonds. The van der Waals surface area contributed by atoms with E-state index in [9.17, 15) is 0 Å². The van der Waals surface area contributed by atoms with Gasteiger partial charge in [-0.1, -0.05) is 0 Å². The zero-order chi connectivity index (χ0) is 15.1. The van der Waals surface area contributed by atoms with Gasteiger partial charge in [0.2, 0.25) is 0 Å². The fraction of sp³-hybridized carbons (Fsp3) is 0.750. The van der Waals surface area contributed by atoms with Crippen molar-refractivity contribution in [3.8, 4) is 0 Å². The molecule has 1 atom stereocenters. The summed E-state index contributed by atoms with van der Waals surface area (Å²) < 4.78 is 5.33. The third-order valence-corrected chi connectivity index (χ3v) is 4.21. The summed E-state index contributed by atoms with van der Waals surface area (Å²) in [6.07, 6.45) is 1.73. The number of likely N-dealkylation sites (N-methyl/N-ethyl adjacent to an activating group) is 1. The number of nitrogens with zero attached hydrogens (tertiary/aromatic N) is 3. The van der Waals surface area contributed by atoms with Crippen molar-refractivity contribution in [2.75, 3.05) is 59.9 Å². The van der Waals surface area contributed by atoms with E-state index in [0.29, 0.717) is 6.04 Å². The molecule has 2 heterocycles. The van der Waals surface area contributed by atoms with Gasteiger partial charge in [-0.05, 0) is 33.2 Å². The van der Waals surface area contributed by atoms with Crippen molar-refractivity contribution in [2.24, 2.45) is 0 Å². The van der Waals surface area contributed by atoms with Gasteiger partial charge in [0.1, 0.15) is 5.76 Å². The van der Waals surface area contributed by atoms with Crippen LogP contribution in [0.1, 0.15) is 12.7 Å². The second-order valence-corrected chi connectivity index (χ2v) is 6.24. The van der Waals surface area contributed by atoms with Gasteiger partial charge < -0.3 is 14.6 Å². The Bertz CT molecular complexity index is 372.